The fourth-order valence-electron chi connectivity index (χ4n) is 5.72. The smallest absolute Gasteiger partial charge is 0.0872 e. The molecule has 0 radical (unpaired) electrons. The number of thiophene rings is 2. The SMILES string of the molecule is Cc1cccc2c1N1C(C)c3sc4sccc4c3C1(C)C(C)(C)C2(C)C. The third-order valence-electron chi connectivity index (χ3n) is 8.01. The molecule has 1 aromatic carbocycles. The van der Waals surface area contributed by atoms with Crippen molar-refractivity contribution in [2.75, 3.05) is 4.90 Å². The summed E-state index contributed by atoms with van der Waals surface area (Å²) in [5.74, 6) is 0. The Balaban J connectivity index is 1.95. The summed E-state index contributed by atoms with van der Waals surface area (Å²) in [7, 11) is 0. The van der Waals surface area contributed by atoms with Gasteiger partial charge in [-0.1, -0.05) is 45.9 Å². The minimum absolute atomic E-state index is 0.0102. The normalized spacial score (nSPS) is 28.1. The van der Waals surface area contributed by atoms with E-state index in [1.165, 1.54) is 26.2 Å². The standard InChI is InChI=1S/C23H27NS2/c1-13-9-8-10-16-18(13)24-14(2)19-17(15-11-12-25-20(15)26-19)23(24,7)22(5,6)21(16,3)4/h8-12,14H,1-7H3. The summed E-state index contributed by atoms with van der Waals surface area (Å²) in [6.45, 7) is 17.1. The highest BCUT2D eigenvalue weighted by Crippen LogP contribution is 2.69. The third kappa shape index (κ3) is 1.56. The van der Waals surface area contributed by atoms with Crippen LogP contribution in [0.15, 0.2) is 29.6 Å². The van der Waals surface area contributed by atoms with E-state index in [-0.39, 0.29) is 16.4 Å². The summed E-state index contributed by atoms with van der Waals surface area (Å²) in [5, 5.41) is 3.76. The van der Waals surface area contributed by atoms with Crippen molar-refractivity contribution in [2.45, 2.75) is 65.5 Å². The van der Waals surface area contributed by atoms with E-state index in [9.17, 15) is 0 Å². The largest absolute Gasteiger partial charge is 0.353 e. The molecule has 0 aliphatic carbocycles. The summed E-state index contributed by atoms with van der Waals surface area (Å²) in [6.07, 6.45) is 0. The van der Waals surface area contributed by atoms with E-state index >= 15 is 0 Å². The van der Waals surface area contributed by atoms with Crippen LogP contribution in [-0.2, 0) is 11.0 Å². The topological polar surface area (TPSA) is 3.24 Å². The maximum atomic E-state index is 2.77. The van der Waals surface area contributed by atoms with Crippen molar-refractivity contribution in [2.24, 2.45) is 5.41 Å². The lowest BCUT2D eigenvalue weighted by Gasteiger charge is -2.62. The summed E-state index contributed by atoms with van der Waals surface area (Å²) < 4.78 is 1.49. The molecular weight excluding hydrogens is 354 g/mol. The van der Waals surface area contributed by atoms with Crippen LogP contribution in [0.2, 0.25) is 0 Å². The van der Waals surface area contributed by atoms with Gasteiger partial charge in [0.15, 0.2) is 0 Å². The molecule has 2 aliphatic heterocycles. The van der Waals surface area contributed by atoms with Crippen molar-refractivity contribution in [3.8, 4) is 0 Å². The Labute approximate surface area is 164 Å². The van der Waals surface area contributed by atoms with E-state index in [4.69, 9.17) is 0 Å². The number of nitrogens with zero attached hydrogens (tertiary/aromatic N) is 1. The monoisotopic (exact) mass is 381 g/mol. The molecule has 1 nitrogen and oxygen atoms in total. The number of rotatable bonds is 0. The van der Waals surface area contributed by atoms with Crippen LogP contribution < -0.4 is 4.90 Å². The number of anilines is 1. The molecule has 5 rings (SSSR count). The highest BCUT2D eigenvalue weighted by Gasteiger charge is 2.64. The highest BCUT2D eigenvalue weighted by atomic mass is 32.2. The summed E-state index contributed by atoms with van der Waals surface area (Å²) in [4.78, 5) is 4.34. The van der Waals surface area contributed by atoms with Gasteiger partial charge in [-0.3, -0.25) is 0 Å². The summed E-state index contributed by atoms with van der Waals surface area (Å²) in [6, 6.07) is 9.67. The van der Waals surface area contributed by atoms with E-state index in [1.54, 1.807) is 10.4 Å². The Morgan fingerprint density at radius 3 is 2.50 bits per heavy atom. The fourth-order valence-corrected chi connectivity index (χ4v) is 8.14. The fraction of sp³-hybridized carbons (Fsp3) is 0.478. The van der Waals surface area contributed by atoms with Crippen LogP contribution in [0.25, 0.3) is 9.40 Å². The van der Waals surface area contributed by atoms with Gasteiger partial charge in [0.05, 0.1) is 15.6 Å². The predicted molar refractivity (Wildman–Crippen MR) is 116 cm³/mol. The molecule has 3 aromatic rings. The molecule has 3 heteroatoms. The Hall–Kier alpha value is -1.32. The van der Waals surface area contributed by atoms with Crippen molar-refractivity contribution < 1.29 is 0 Å². The number of para-hydroxylation sites is 1. The zero-order valence-corrected chi connectivity index (χ0v) is 18.4. The molecule has 0 amide bonds. The quantitative estimate of drug-likeness (QED) is 0.392. The average Bonchev–Trinajstić information content (AvgIpc) is 3.19. The highest BCUT2D eigenvalue weighted by molar-refractivity contribution is 7.37. The second-order valence-corrected chi connectivity index (χ2v) is 11.5. The molecule has 0 spiro atoms. The molecule has 4 heterocycles. The molecule has 0 fully saturated rings. The molecule has 0 saturated carbocycles. The van der Waals surface area contributed by atoms with Gasteiger partial charge in [-0.15, -0.1) is 22.7 Å². The van der Waals surface area contributed by atoms with Crippen molar-refractivity contribution >= 4 is 37.8 Å². The van der Waals surface area contributed by atoms with Gasteiger partial charge in [0.25, 0.3) is 0 Å². The lowest BCUT2D eigenvalue weighted by atomic mass is 9.51. The van der Waals surface area contributed by atoms with Gasteiger partial charge in [-0.2, -0.15) is 0 Å². The maximum Gasteiger partial charge on any atom is 0.0872 e. The van der Waals surface area contributed by atoms with Crippen molar-refractivity contribution in [1.82, 2.24) is 0 Å². The van der Waals surface area contributed by atoms with E-state index < -0.39 is 0 Å². The summed E-state index contributed by atoms with van der Waals surface area (Å²) in [5.41, 5.74) is 6.15. The second kappa shape index (κ2) is 4.74. The van der Waals surface area contributed by atoms with Crippen molar-refractivity contribution in [3.05, 3.63) is 51.2 Å². The minimum Gasteiger partial charge on any atom is -0.353 e. The second-order valence-electron chi connectivity index (χ2n) is 9.30. The first-order valence-electron chi connectivity index (χ1n) is 9.54. The predicted octanol–water partition coefficient (Wildman–Crippen LogP) is 7.39. The van der Waals surface area contributed by atoms with Crippen molar-refractivity contribution in [1.29, 1.82) is 0 Å². The van der Waals surface area contributed by atoms with Crippen LogP contribution in [0, 0.1) is 12.3 Å². The third-order valence-corrected chi connectivity index (χ3v) is 10.4. The van der Waals surface area contributed by atoms with E-state index in [0.29, 0.717) is 6.04 Å². The number of aryl methyl sites for hydroxylation is 1. The maximum absolute atomic E-state index is 2.77. The summed E-state index contributed by atoms with van der Waals surface area (Å²) >= 11 is 3.92. The van der Waals surface area contributed by atoms with Crippen LogP contribution in [0.3, 0.4) is 0 Å². The Morgan fingerprint density at radius 2 is 1.77 bits per heavy atom. The van der Waals surface area contributed by atoms with Gasteiger partial charge in [0.2, 0.25) is 0 Å². The molecule has 2 unspecified atom stereocenters. The number of hydrogen-bond donors (Lipinski definition) is 0. The van der Waals surface area contributed by atoms with Gasteiger partial charge < -0.3 is 4.90 Å². The van der Waals surface area contributed by atoms with Crippen LogP contribution >= 0.6 is 22.7 Å². The molecule has 0 bridgehead atoms. The zero-order valence-electron chi connectivity index (χ0n) is 16.7. The van der Waals surface area contributed by atoms with Gasteiger partial charge in [0, 0.05) is 26.9 Å². The first kappa shape index (κ1) is 16.8. The minimum atomic E-state index is -0.0102. The average molecular weight is 382 g/mol. The van der Waals surface area contributed by atoms with Crippen molar-refractivity contribution in [3.63, 3.8) is 0 Å². The molecular formula is C23H27NS2. The molecule has 136 valence electrons. The van der Waals surface area contributed by atoms with Gasteiger partial charge in [0.1, 0.15) is 0 Å². The first-order valence-corrected chi connectivity index (χ1v) is 11.2. The molecule has 2 atom stereocenters. The lowest BCUT2D eigenvalue weighted by molar-refractivity contribution is 0.0660. The zero-order chi connectivity index (χ0) is 18.6. The first-order chi connectivity index (χ1) is 12.1. The van der Waals surface area contributed by atoms with Gasteiger partial charge in [-0.25, -0.2) is 0 Å². The molecule has 2 aliphatic rings. The number of hydrogen-bond acceptors (Lipinski definition) is 3. The van der Waals surface area contributed by atoms with Crippen LogP contribution in [0.4, 0.5) is 5.69 Å². The van der Waals surface area contributed by atoms with Crippen LogP contribution in [0.5, 0.6) is 0 Å². The van der Waals surface area contributed by atoms with Crippen LogP contribution in [-0.4, -0.2) is 0 Å². The molecule has 2 aromatic heterocycles. The van der Waals surface area contributed by atoms with Gasteiger partial charge in [-0.05, 0) is 48.8 Å². The molecule has 26 heavy (non-hydrogen) atoms. The van der Waals surface area contributed by atoms with E-state index in [2.05, 4.69) is 83.0 Å². The Morgan fingerprint density at radius 1 is 1.04 bits per heavy atom. The Kier molecular flexibility index (Phi) is 3.07. The van der Waals surface area contributed by atoms with Gasteiger partial charge >= 0.3 is 0 Å². The molecule has 0 saturated heterocycles. The lowest BCUT2D eigenvalue weighted by Crippen LogP contribution is -2.62. The van der Waals surface area contributed by atoms with Crippen LogP contribution in [0.1, 0.15) is 69.2 Å². The van der Waals surface area contributed by atoms with E-state index in [1.807, 2.05) is 22.7 Å². The number of fused-ring (bicyclic) bond motifs is 7. The molecule has 0 N–H and O–H groups in total. The number of benzene rings is 1. The van der Waals surface area contributed by atoms with E-state index in [0.717, 1.165) is 0 Å². The Bertz CT molecular complexity index is 1050.